The topological polar surface area (TPSA) is 50.4 Å². The molecule has 0 atom stereocenters. The van der Waals surface area contributed by atoms with Gasteiger partial charge in [-0.2, -0.15) is 0 Å². The van der Waals surface area contributed by atoms with Crippen molar-refractivity contribution < 1.29 is 0 Å². The molecule has 0 unspecified atom stereocenters. The normalized spacial score (nSPS) is 11.4. The van der Waals surface area contributed by atoms with Crippen molar-refractivity contribution in [3.05, 3.63) is 59.7 Å². The number of nitrogens with one attached hydrogen (secondary N) is 1. The minimum Gasteiger partial charge on any atom is -0.369 e. The van der Waals surface area contributed by atoms with E-state index in [0.717, 1.165) is 29.5 Å². The fourth-order valence-electron chi connectivity index (χ4n) is 2.03. The van der Waals surface area contributed by atoms with E-state index in [1.54, 1.807) is 0 Å². The lowest BCUT2D eigenvalue weighted by molar-refractivity contribution is 1.14. The smallest absolute Gasteiger partial charge is 0.198 e. The van der Waals surface area contributed by atoms with E-state index >= 15 is 0 Å². The molecule has 0 amide bonds. The van der Waals surface area contributed by atoms with Gasteiger partial charge in [-0.3, -0.25) is 0 Å². The molecule has 110 valence electrons. The number of alkyl halides is 1. The molecule has 21 heavy (non-hydrogen) atoms. The number of anilines is 1. The van der Waals surface area contributed by atoms with E-state index in [1.165, 1.54) is 11.1 Å². The molecule has 4 heteroatoms. The molecule has 0 saturated heterocycles. The number of benzene rings is 2. The van der Waals surface area contributed by atoms with Crippen LogP contribution in [0.5, 0.6) is 0 Å². The van der Waals surface area contributed by atoms with Crippen molar-refractivity contribution in [3.63, 3.8) is 0 Å². The molecule has 0 heterocycles. The summed E-state index contributed by atoms with van der Waals surface area (Å²) in [6, 6.07) is 16.3. The molecule has 0 radical (unpaired) electrons. The molecule has 0 bridgehead atoms. The first-order valence-electron chi connectivity index (χ1n) is 7.06. The Morgan fingerprint density at radius 1 is 1.14 bits per heavy atom. The van der Waals surface area contributed by atoms with Gasteiger partial charge in [0.05, 0.1) is 5.69 Å². The van der Waals surface area contributed by atoms with Crippen molar-refractivity contribution in [1.29, 1.82) is 0 Å². The van der Waals surface area contributed by atoms with Crippen LogP contribution in [0.4, 0.5) is 11.4 Å². The van der Waals surface area contributed by atoms with Gasteiger partial charge in [-0.05, 0) is 48.2 Å². The lowest BCUT2D eigenvalue weighted by atomic mass is 10.1. The van der Waals surface area contributed by atoms with Crippen molar-refractivity contribution in [1.82, 2.24) is 0 Å². The lowest BCUT2D eigenvalue weighted by Gasteiger charge is -2.07. The third kappa shape index (κ3) is 4.90. The van der Waals surface area contributed by atoms with E-state index in [9.17, 15) is 0 Å². The van der Waals surface area contributed by atoms with Crippen LogP contribution < -0.4 is 11.1 Å². The highest BCUT2D eigenvalue weighted by molar-refractivity contribution is 9.09. The van der Waals surface area contributed by atoms with E-state index in [-0.39, 0.29) is 0 Å². The fraction of sp³-hybridized carbons (Fsp3) is 0.235. The Labute approximate surface area is 134 Å². The Bertz CT molecular complexity index is 606. The molecular weight excluding hydrogens is 326 g/mol. The summed E-state index contributed by atoms with van der Waals surface area (Å²) >= 11 is 3.44. The number of aryl methyl sites for hydroxylation is 2. The molecule has 2 rings (SSSR count). The van der Waals surface area contributed by atoms with Crippen molar-refractivity contribution >= 4 is 33.3 Å². The van der Waals surface area contributed by atoms with Crippen LogP contribution in [-0.2, 0) is 12.8 Å². The molecular formula is C17H20BrN3. The van der Waals surface area contributed by atoms with Crippen LogP contribution in [0, 0.1) is 0 Å². The van der Waals surface area contributed by atoms with E-state index < -0.39 is 0 Å². The van der Waals surface area contributed by atoms with Crippen LogP contribution in [0.15, 0.2) is 53.5 Å². The predicted octanol–water partition coefficient (Wildman–Crippen LogP) is 4.24. The monoisotopic (exact) mass is 345 g/mol. The van der Waals surface area contributed by atoms with Crippen LogP contribution in [0.1, 0.15) is 18.1 Å². The van der Waals surface area contributed by atoms with Gasteiger partial charge < -0.3 is 11.1 Å². The van der Waals surface area contributed by atoms with Crippen LogP contribution in [-0.4, -0.2) is 11.3 Å². The van der Waals surface area contributed by atoms with Gasteiger partial charge in [0.15, 0.2) is 5.96 Å². The minimum atomic E-state index is 0.400. The third-order valence-corrected chi connectivity index (χ3v) is 3.57. The van der Waals surface area contributed by atoms with E-state index in [1.807, 2.05) is 24.3 Å². The Hall–Kier alpha value is -1.81. The van der Waals surface area contributed by atoms with Crippen molar-refractivity contribution in [2.24, 2.45) is 10.7 Å². The second-order valence-corrected chi connectivity index (χ2v) is 5.57. The molecule has 3 nitrogen and oxygen atoms in total. The first-order chi connectivity index (χ1) is 10.2. The quantitative estimate of drug-likeness (QED) is 0.483. The van der Waals surface area contributed by atoms with Gasteiger partial charge in [0, 0.05) is 11.0 Å². The second-order valence-electron chi connectivity index (χ2n) is 4.78. The zero-order valence-electron chi connectivity index (χ0n) is 12.1. The van der Waals surface area contributed by atoms with E-state index in [4.69, 9.17) is 5.73 Å². The highest BCUT2D eigenvalue weighted by Gasteiger charge is 1.98. The van der Waals surface area contributed by atoms with Crippen molar-refractivity contribution in [2.45, 2.75) is 19.8 Å². The third-order valence-electron chi connectivity index (χ3n) is 3.18. The van der Waals surface area contributed by atoms with Gasteiger partial charge in [0.1, 0.15) is 0 Å². The SMILES string of the molecule is CCc1cccc(NC(N)=Nc2ccc(CCBr)cc2)c1. The number of halogens is 1. The van der Waals surface area contributed by atoms with Gasteiger partial charge in [0.2, 0.25) is 0 Å². The maximum absolute atomic E-state index is 5.96. The first-order valence-corrected chi connectivity index (χ1v) is 8.18. The largest absolute Gasteiger partial charge is 0.369 e. The van der Waals surface area contributed by atoms with Crippen molar-refractivity contribution in [3.8, 4) is 0 Å². The molecule has 0 aliphatic rings. The Morgan fingerprint density at radius 3 is 2.57 bits per heavy atom. The summed E-state index contributed by atoms with van der Waals surface area (Å²) in [5.41, 5.74) is 10.3. The molecule has 0 spiro atoms. The summed E-state index contributed by atoms with van der Waals surface area (Å²) in [4.78, 5) is 4.38. The summed E-state index contributed by atoms with van der Waals surface area (Å²) in [6.07, 6.45) is 2.02. The molecule has 0 fully saturated rings. The Kier molecular flexibility index (Phi) is 5.81. The average molecular weight is 346 g/mol. The lowest BCUT2D eigenvalue weighted by Crippen LogP contribution is -2.21. The summed E-state index contributed by atoms with van der Waals surface area (Å²) in [7, 11) is 0. The first kappa shape index (κ1) is 15.6. The number of nitrogens with zero attached hydrogens (tertiary/aromatic N) is 1. The van der Waals surface area contributed by atoms with E-state index in [0.29, 0.717) is 5.96 Å². The number of hydrogen-bond donors (Lipinski definition) is 2. The number of aliphatic imine (C=N–C) groups is 1. The van der Waals surface area contributed by atoms with Gasteiger partial charge in [-0.25, -0.2) is 4.99 Å². The van der Waals surface area contributed by atoms with Crippen LogP contribution in [0.2, 0.25) is 0 Å². The predicted molar refractivity (Wildman–Crippen MR) is 94.7 cm³/mol. The Balaban J connectivity index is 2.06. The molecule has 3 N–H and O–H groups in total. The van der Waals surface area contributed by atoms with E-state index in [2.05, 4.69) is 57.4 Å². The zero-order valence-corrected chi connectivity index (χ0v) is 13.7. The number of guanidine groups is 1. The average Bonchev–Trinajstić information content (AvgIpc) is 2.49. The van der Waals surface area contributed by atoms with Gasteiger partial charge in [-0.1, -0.05) is 47.1 Å². The van der Waals surface area contributed by atoms with Crippen LogP contribution in [0.3, 0.4) is 0 Å². The fourth-order valence-corrected chi connectivity index (χ4v) is 2.49. The number of rotatable bonds is 5. The molecule has 0 saturated carbocycles. The van der Waals surface area contributed by atoms with Gasteiger partial charge >= 0.3 is 0 Å². The maximum Gasteiger partial charge on any atom is 0.198 e. The molecule has 2 aromatic rings. The number of hydrogen-bond acceptors (Lipinski definition) is 1. The molecule has 2 aromatic carbocycles. The number of nitrogens with two attached hydrogens (primary N) is 1. The second kappa shape index (κ2) is 7.84. The minimum absolute atomic E-state index is 0.400. The van der Waals surface area contributed by atoms with Crippen LogP contribution >= 0.6 is 15.9 Å². The van der Waals surface area contributed by atoms with Crippen LogP contribution in [0.25, 0.3) is 0 Å². The summed E-state index contributed by atoms with van der Waals surface area (Å²) in [5.74, 6) is 0.400. The highest BCUT2D eigenvalue weighted by Crippen LogP contribution is 2.15. The maximum atomic E-state index is 5.96. The summed E-state index contributed by atoms with van der Waals surface area (Å²) in [6.45, 7) is 2.13. The Morgan fingerprint density at radius 2 is 1.90 bits per heavy atom. The standard InChI is InChI=1S/C17H20BrN3/c1-2-13-4-3-5-16(12-13)21-17(19)20-15-8-6-14(7-9-15)10-11-18/h3-9,12H,2,10-11H2,1H3,(H3,19,20,21). The zero-order chi connectivity index (χ0) is 15.1. The van der Waals surface area contributed by atoms with Gasteiger partial charge in [-0.15, -0.1) is 0 Å². The molecule has 0 aliphatic heterocycles. The van der Waals surface area contributed by atoms with Crippen molar-refractivity contribution in [2.75, 3.05) is 10.6 Å². The summed E-state index contributed by atoms with van der Waals surface area (Å²) < 4.78 is 0. The summed E-state index contributed by atoms with van der Waals surface area (Å²) in [5, 5.41) is 4.09. The van der Waals surface area contributed by atoms with Gasteiger partial charge in [0.25, 0.3) is 0 Å². The molecule has 0 aliphatic carbocycles. The highest BCUT2D eigenvalue weighted by atomic mass is 79.9. The molecule has 0 aromatic heterocycles.